The summed E-state index contributed by atoms with van der Waals surface area (Å²) in [6.07, 6.45) is 4.54. The van der Waals surface area contributed by atoms with Crippen LogP contribution in [0.15, 0.2) is 35.4 Å². The van der Waals surface area contributed by atoms with E-state index in [2.05, 4.69) is 15.2 Å². The monoisotopic (exact) mass is 354 g/mol. The lowest BCUT2D eigenvalue weighted by Crippen LogP contribution is -2.11. The Morgan fingerprint density at radius 3 is 2.96 bits per heavy atom. The van der Waals surface area contributed by atoms with Crippen LogP contribution in [0, 0.1) is 5.41 Å². The molecule has 0 unspecified atom stereocenters. The molecule has 0 saturated carbocycles. The molecule has 4 rings (SSSR count). The van der Waals surface area contributed by atoms with Crippen molar-refractivity contribution in [2.75, 3.05) is 0 Å². The Hall–Kier alpha value is -2.25. The topological polar surface area (TPSA) is 82.5 Å². The SMILES string of the molecule is CCc1nnc([C@@H]2C(=N)S/C(=C\c3c[nH]c4ccccc34)C2=O)s1. The summed E-state index contributed by atoms with van der Waals surface area (Å²) in [5.41, 5.74) is 1.99. The second-order valence-electron chi connectivity index (χ2n) is 5.45. The van der Waals surface area contributed by atoms with Crippen LogP contribution in [0.3, 0.4) is 0 Å². The highest BCUT2D eigenvalue weighted by Gasteiger charge is 2.39. The number of benzene rings is 1. The number of rotatable bonds is 3. The van der Waals surface area contributed by atoms with Gasteiger partial charge in [0.15, 0.2) is 5.78 Å². The van der Waals surface area contributed by atoms with Crippen LogP contribution in [0.4, 0.5) is 0 Å². The average Bonchev–Trinajstić information content (AvgIpc) is 3.27. The molecule has 0 spiro atoms. The van der Waals surface area contributed by atoms with Gasteiger partial charge in [0.1, 0.15) is 15.9 Å². The number of H-pyrrole nitrogens is 1. The third-order valence-electron chi connectivity index (χ3n) is 3.93. The van der Waals surface area contributed by atoms with Gasteiger partial charge in [-0.25, -0.2) is 0 Å². The maximum atomic E-state index is 12.8. The molecule has 1 aliphatic rings. The van der Waals surface area contributed by atoms with Crippen molar-refractivity contribution in [3.63, 3.8) is 0 Å². The quantitative estimate of drug-likeness (QED) is 0.697. The van der Waals surface area contributed by atoms with Gasteiger partial charge in [0, 0.05) is 22.7 Å². The summed E-state index contributed by atoms with van der Waals surface area (Å²) in [6, 6.07) is 7.96. The number of ketones is 1. The molecule has 1 aromatic carbocycles. The number of thioether (sulfide) groups is 1. The summed E-state index contributed by atoms with van der Waals surface area (Å²) in [5, 5.41) is 19.3. The Morgan fingerprint density at radius 2 is 2.17 bits per heavy atom. The summed E-state index contributed by atoms with van der Waals surface area (Å²) >= 11 is 2.64. The maximum Gasteiger partial charge on any atom is 0.186 e. The van der Waals surface area contributed by atoms with E-state index in [0.29, 0.717) is 15.0 Å². The van der Waals surface area contributed by atoms with Gasteiger partial charge in [0.2, 0.25) is 0 Å². The van der Waals surface area contributed by atoms with Crippen molar-refractivity contribution in [1.82, 2.24) is 15.2 Å². The number of hydrogen-bond acceptors (Lipinski definition) is 6. The number of hydrogen-bond donors (Lipinski definition) is 2. The normalized spacial score (nSPS) is 19.7. The van der Waals surface area contributed by atoms with Crippen molar-refractivity contribution in [1.29, 1.82) is 5.41 Å². The highest BCUT2D eigenvalue weighted by atomic mass is 32.2. The van der Waals surface area contributed by atoms with Crippen LogP contribution >= 0.6 is 23.1 Å². The van der Waals surface area contributed by atoms with Crippen molar-refractivity contribution in [2.24, 2.45) is 0 Å². The number of aromatic nitrogens is 3. The number of aromatic amines is 1. The average molecular weight is 354 g/mol. The maximum absolute atomic E-state index is 12.8. The molecule has 7 heteroatoms. The zero-order chi connectivity index (χ0) is 16.7. The van der Waals surface area contributed by atoms with E-state index in [1.807, 2.05) is 43.5 Å². The van der Waals surface area contributed by atoms with Gasteiger partial charge in [-0.3, -0.25) is 10.2 Å². The lowest BCUT2D eigenvalue weighted by molar-refractivity contribution is -0.114. The van der Waals surface area contributed by atoms with Crippen molar-refractivity contribution in [2.45, 2.75) is 19.3 Å². The molecule has 0 aliphatic carbocycles. The Labute approximate surface area is 146 Å². The van der Waals surface area contributed by atoms with Gasteiger partial charge in [-0.05, 0) is 18.6 Å². The molecule has 1 fully saturated rings. The predicted octanol–water partition coefficient (Wildman–Crippen LogP) is 4.00. The van der Waals surface area contributed by atoms with Gasteiger partial charge in [-0.2, -0.15) is 0 Å². The largest absolute Gasteiger partial charge is 0.361 e. The number of fused-ring (bicyclic) bond motifs is 1. The van der Waals surface area contributed by atoms with Gasteiger partial charge in [-0.15, -0.1) is 21.5 Å². The van der Waals surface area contributed by atoms with E-state index in [-0.39, 0.29) is 5.78 Å². The first-order valence-corrected chi connectivity index (χ1v) is 9.21. The molecule has 3 heterocycles. The van der Waals surface area contributed by atoms with Gasteiger partial charge >= 0.3 is 0 Å². The van der Waals surface area contributed by atoms with E-state index in [9.17, 15) is 4.79 Å². The summed E-state index contributed by atoms with van der Waals surface area (Å²) in [5.74, 6) is -0.654. The van der Waals surface area contributed by atoms with Crippen LogP contribution in [0.1, 0.15) is 28.4 Å². The molecule has 1 atom stereocenters. The lowest BCUT2D eigenvalue weighted by Gasteiger charge is -2.00. The van der Waals surface area contributed by atoms with Crippen molar-refractivity contribution < 1.29 is 4.79 Å². The van der Waals surface area contributed by atoms with Crippen LogP contribution in [0.5, 0.6) is 0 Å². The second-order valence-corrected chi connectivity index (χ2v) is 7.63. The minimum Gasteiger partial charge on any atom is -0.361 e. The minimum atomic E-state index is -0.593. The molecule has 24 heavy (non-hydrogen) atoms. The number of nitrogens with one attached hydrogen (secondary N) is 2. The molecule has 3 aromatic rings. The standard InChI is InChI=1S/C17H14N4OS2/c1-2-13-20-21-17(24-13)14-15(22)12(23-16(14)18)7-9-8-19-11-6-4-3-5-10(9)11/h3-8,14,18-19H,2H2,1H3/b12-7-,18-16?/t14-/m0/s1. The summed E-state index contributed by atoms with van der Waals surface area (Å²) < 4.78 is 0. The van der Waals surface area contributed by atoms with E-state index < -0.39 is 5.92 Å². The number of Topliss-reactive ketones (excluding diaryl/α,β-unsaturated/α-hetero) is 1. The van der Waals surface area contributed by atoms with E-state index >= 15 is 0 Å². The van der Waals surface area contributed by atoms with E-state index in [4.69, 9.17) is 5.41 Å². The van der Waals surface area contributed by atoms with Gasteiger partial charge in [0.05, 0.1) is 9.95 Å². The fourth-order valence-corrected chi connectivity index (χ4v) is 4.64. The fourth-order valence-electron chi connectivity index (χ4n) is 2.69. The van der Waals surface area contributed by atoms with Crippen LogP contribution in [0.2, 0.25) is 0 Å². The van der Waals surface area contributed by atoms with E-state index in [1.54, 1.807) is 0 Å². The minimum absolute atomic E-state index is 0.0610. The fraction of sp³-hybridized carbons (Fsp3) is 0.176. The number of allylic oxidation sites excluding steroid dienone is 1. The summed E-state index contributed by atoms with van der Waals surface area (Å²) in [7, 11) is 0. The Kier molecular flexibility index (Phi) is 3.82. The van der Waals surface area contributed by atoms with Gasteiger partial charge in [-0.1, -0.05) is 36.9 Å². The molecule has 5 nitrogen and oxygen atoms in total. The third kappa shape index (κ3) is 2.50. The smallest absolute Gasteiger partial charge is 0.186 e. The van der Waals surface area contributed by atoms with E-state index in [0.717, 1.165) is 27.9 Å². The Morgan fingerprint density at radius 1 is 1.33 bits per heavy atom. The zero-order valence-corrected chi connectivity index (χ0v) is 14.5. The van der Waals surface area contributed by atoms with Crippen molar-refractivity contribution in [3.05, 3.63) is 50.9 Å². The van der Waals surface area contributed by atoms with Crippen LogP contribution in [0.25, 0.3) is 17.0 Å². The first-order valence-electron chi connectivity index (χ1n) is 7.58. The molecule has 1 aliphatic heterocycles. The predicted molar refractivity (Wildman–Crippen MR) is 98.6 cm³/mol. The molecule has 0 bridgehead atoms. The molecule has 0 radical (unpaired) electrons. The summed E-state index contributed by atoms with van der Waals surface area (Å²) in [6.45, 7) is 2.00. The first-order chi connectivity index (χ1) is 11.7. The van der Waals surface area contributed by atoms with Crippen molar-refractivity contribution >= 4 is 50.9 Å². The third-order valence-corrected chi connectivity index (χ3v) is 6.05. The second kappa shape index (κ2) is 5.99. The summed E-state index contributed by atoms with van der Waals surface area (Å²) in [4.78, 5) is 16.6. The van der Waals surface area contributed by atoms with Crippen LogP contribution in [-0.2, 0) is 11.2 Å². The molecule has 2 N–H and O–H groups in total. The molecule has 120 valence electrons. The Balaban J connectivity index is 1.70. The first kappa shape index (κ1) is 15.3. The zero-order valence-electron chi connectivity index (χ0n) is 12.9. The number of nitrogens with zero attached hydrogens (tertiary/aromatic N) is 2. The molecule has 1 saturated heterocycles. The number of para-hydroxylation sites is 1. The highest BCUT2D eigenvalue weighted by Crippen LogP contribution is 2.41. The molecule has 2 aromatic heterocycles. The number of carbonyl (C=O) groups excluding carboxylic acids is 1. The van der Waals surface area contributed by atoms with Gasteiger partial charge in [0.25, 0.3) is 0 Å². The van der Waals surface area contributed by atoms with Crippen molar-refractivity contribution in [3.8, 4) is 0 Å². The number of carbonyl (C=O) groups is 1. The van der Waals surface area contributed by atoms with E-state index in [1.165, 1.54) is 23.1 Å². The molecular weight excluding hydrogens is 340 g/mol. The molecular formula is C17H14N4OS2. The molecule has 0 amide bonds. The number of aryl methyl sites for hydroxylation is 1. The van der Waals surface area contributed by atoms with Crippen LogP contribution < -0.4 is 0 Å². The Bertz CT molecular complexity index is 985. The van der Waals surface area contributed by atoms with Crippen LogP contribution in [-0.4, -0.2) is 26.0 Å². The highest BCUT2D eigenvalue weighted by molar-refractivity contribution is 8.19. The van der Waals surface area contributed by atoms with Gasteiger partial charge < -0.3 is 4.98 Å². The lowest BCUT2D eigenvalue weighted by atomic mass is 10.0.